The van der Waals surface area contributed by atoms with Crippen LogP contribution in [0.2, 0.25) is 0 Å². The number of rotatable bonds is 7. The van der Waals surface area contributed by atoms with Gasteiger partial charge < -0.3 is 20.5 Å². The van der Waals surface area contributed by atoms with Gasteiger partial charge in [0.1, 0.15) is 10.8 Å². The molecule has 142 valence electrons. The Morgan fingerprint density at radius 1 is 1.30 bits per heavy atom. The van der Waals surface area contributed by atoms with Gasteiger partial charge in [-0.2, -0.15) is 0 Å². The molecule has 1 atom stereocenters. The van der Waals surface area contributed by atoms with Crippen LogP contribution in [0.5, 0.6) is 5.75 Å². The summed E-state index contributed by atoms with van der Waals surface area (Å²) in [5.41, 5.74) is 6.10. The molecule has 0 fully saturated rings. The number of thiophene rings is 1. The minimum absolute atomic E-state index is 0.202. The lowest BCUT2D eigenvalue weighted by molar-refractivity contribution is -0.148. The van der Waals surface area contributed by atoms with Gasteiger partial charge in [0.15, 0.2) is 6.10 Å². The van der Waals surface area contributed by atoms with E-state index >= 15 is 0 Å². The van der Waals surface area contributed by atoms with Gasteiger partial charge in [0.2, 0.25) is 0 Å². The summed E-state index contributed by atoms with van der Waals surface area (Å²) in [6.45, 7) is 1.43. The van der Waals surface area contributed by atoms with Crippen LogP contribution in [0.3, 0.4) is 0 Å². The first-order chi connectivity index (χ1) is 12.8. The zero-order chi connectivity index (χ0) is 20.0. The molecule has 0 saturated carbocycles. The van der Waals surface area contributed by atoms with Crippen LogP contribution in [-0.4, -0.2) is 31.0 Å². The van der Waals surface area contributed by atoms with Gasteiger partial charge in [-0.1, -0.05) is 15.9 Å². The first-order valence-corrected chi connectivity index (χ1v) is 9.39. The van der Waals surface area contributed by atoms with Crippen molar-refractivity contribution in [3.8, 4) is 5.75 Å². The molecule has 9 heteroatoms. The number of halogens is 1. The first kappa shape index (κ1) is 20.7. The number of esters is 1. The van der Waals surface area contributed by atoms with Crippen LogP contribution in [0.15, 0.2) is 40.2 Å². The summed E-state index contributed by atoms with van der Waals surface area (Å²) in [5, 5.41) is 4.46. The molecule has 0 spiro atoms. The minimum Gasteiger partial charge on any atom is -0.496 e. The largest absolute Gasteiger partial charge is 0.496 e. The summed E-state index contributed by atoms with van der Waals surface area (Å²) in [6, 6.07) is 6.85. The number of nitrogens with one attached hydrogen (secondary N) is 1. The maximum Gasteiger partial charge on any atom is 0.331 e. The Labute approximate surface area is 168 Å². The highest BCUT2D eigenvalue weighted by molar-refractivity contribution is 9.10. The smallest absolute Gasteiger partial charge is 0.331 e. The third kappa shape index (κ3) is 5.66. The standard InChI is InChI=1S/C18H17BrN2O5S/c1-10(17(24)21-18-13(16(20)23)7-8-27-18)26-15(22)6-3-11-9-12(19)4-5-14(11)25-2/h3-10H,1-2H3,(H2,20,23)(H,21,24)/b6-3+/t10-/m0/s1. The van der Waals surface area contributed by atoms with Gasteiger partial charge in [-0.15, -0.1) is 11.3 Å². The molecule has 0 bridgehead atoms. The maximum absolute atomic E-state index is 12.2. The predicted molar refractivity (Wildman–Crippen MR) is 107 cm³/mol. The van der Waals surface area contributed by atoms with Crippen LogP contribution >= 0.6 is 27.3 Å². The third-order valence-electron chi connectivity index (χ3n) is 3.42. The van der Waals surface area contributed by atoms with Crippen LogP contribution in [0.4, 0.5) is 5.00 Å². The monoisotopic (exact) mass is 452 g/mol. The molecule has 2 aromatic rings. The van der Waals surface area contributed by atoms with E-state index < -0.39 is 23.9 Å². The SMILES string of the molecule is COc1ccc(Br)cc1/C=C/C(=O)O[C@@H](C)C(=O)Nc1sccc1C(N)=O. The number of ether oxygens (including phenoxy) is 2. The van der Waals surface area contributed by atoms with E-state index in [-0.39, 0.29) is 5.56 Å². The zero-order valence-corrected chi connectivity index (χ0v) is 16.9. The number of carbonyl (C=O) groups excluding carboxylic acids is 3. The van der Waals surface area contributed by atoms with Gasteiger partial charge in [0, 0.05) is 16.1 Å². The second-order valence-corrected chi connectivity index (χ2v) is 7.15. The molecular formula is C18H17BrN2O5S. The van der Waals surface area contributed by atoms with Crippen molar-refractivity contribution in [3.05, 3.63) is 51.3 Å². The zero-order valence-electron chi connectivity index (χ0n) is 14.5. The lowest BCUT2D eigenvalue weighted by Gasteiger charge is -2.12. The van der Waals surface area contributed by atoms with Crippen LogP contribution in [-0.2, 0) is 14.3 Å². The fourth-order valence-electron chi connectivity index (χ4n) is 2.07. The summed E-state index contributed by atoms with van der Waals surface area (Å²) >= 11 is 4.50. The molecular weight excluding hydrogens is 436 g/mol. The number of benzene rings is 1. The molecule has 3 N–H and O–H groups in total. The maximum atomic E-state index is 12.2. The van der Waals surface area contributed by atoms with E-state index in [1.807, 2.05) is 6.07 Å². The van der Waals surface area contributed by atoms with Gasteiger partial charge >= 0.3 is 5.97 Å². The van der Waals surface area contributed by atoms with Crippen LogP contribution in [0.1, 0.15) is 22.8 Å². The Morgan fingerprint density at radius 3 is 2.70 bits per heavy atom. The van der Waals surface area contributed by atoms with Gasteiger partial charge in [-0.05, 0) is 42.6 Å². The first-order valence-electron chi connectivity index (χ1n) is 7.72. The van der Waals surface area contributed by atoms with E-state index in [1.165, 1.54) is 32.3 Å². The van der Waals surface area contributed by atoms with Crippen molar-refractivity contribution in [1.29, 1.82) is 0 Å². The fourth-order valence-corrected chi connectivity index (χ4v) is 3.25. The van der Waals surface area contributed by atoms with Crippen molar-refractivity contribution in [2.75, 3.05) is 12.4 Å². The normalized spacial score (nSPS) is 11.8. The number of primary amides is 1. The summed E-state index contributed by atoms with van der Waals surface area (Å²) in [4.78, 5) is 35.4. The number of carbonyl (C=O) groups is 3. The summed E-state index contributed by atoms with van der Waals surface area (Å²) in [5.74, 6) is -1.32. The van der Waals surface area contributed by atoms with Gasteiger partial charge in [0.05, 0.1) is 12.7 Å². The van der Waals surface area contributed by atoms with Crippen molar-refractivity contribution < 1.29 is 23.9 Å². The number of methoxy groups -OCH3 is 1. The Balaban J connectivity index is 1.98. The minimum atomic E-state index is -1.06. The number of amides is 2. The molecule has 1 heterocycles. The van der Waals surface area contributed by atoms with Gasteiger partial charge in [-0.25, -0.2) is 4.79 Å². The van der Waals surface area contributed by atoms with Gasteiger partial charge in [-0.3, -0.25) is 9.59 Å². The highest BCUT2D eigenvalue weighted by atomic mass is 79.9. The molecule has 0 radical (unpaired) electrons. The number of nitrogens with two attached hydrogens (primary N) is 1. The van der Waals surface area contributed by atoms with Crippen molar-refractivity contribution in [1.82, 2.24) is 0 Å². The summed E-state index contributed by atoms with van der Waals surface area (Å²) < 4.78 is 11.1. The van der Waals surface area contributed by atoms with Crippen LogP contribution < -0.4 is 15.8 Å². The Kier molecular flexibility index (Phi) is 7.14. The highest BCUT2D eigenvalue weighted by Gasteiger charge is 2.19. The third-order valence-corrected chi connectivity index (χ3v) is 4.74. The van der Waals surface area contributed by atoms with Crippen molar-refractivity contribution in [2.24, 2.45) is 5.73 Å². The number of hydrogen-bond acceptors (Lipinski definition) is 6. The van der Waals surface area contributed by atoms with Gasteiger partial charge in [0.25, 0.3) is 11.8 Å². The molecule has 0 unspecified atom stereocenters. The average Bonchev–Trinajstić information content (AvgIpc) is 3.08. The van der Waals surface area contributed by atoms with Crippen LogP contribution in [0.25, 0.3) is 6.08 Å². The second kappa shape index (κ2) is 9.33. The molecule has 2 rings (SSSR count). The Bertz CT molecular complexity index is 894. The average molecular weight is 453 g/mol. The topological polar surface area (TPSA) is 108 Å². The van der Waals surface area contributed by atoms with Crippen molar-refractivity contribution in [3.63, 3.8) is 0 Å². The molecule has 2 amide bonds. The Morgan fingerprint density at radius 2 is 2.04 bits per heavy atom. The van der Waals surface area contributed by atoms with E-state index in [0.717, 1.165) is 15.8 Å². The Hall–Kier alpha value is -2.65. The van der Waals surface area contributed by atoms with Crippen LogP contribution in [0, 0.1) is 0 Å². The molecule has 0 aliphatic carbocycles. The van der Waals surface area contributed by atoms with E-state index in [0.29, 0.717) is 16.3 Å². The van der Waals surface area contributed by atoms with E-state index in [2.05, 4.69) is 21.2 Å². The number of anilines is 1. The molecule has 1 aromatic heterocycles. The molecule has 0 saturated heterocycles. The molecule has 0 aliphatic rings. The van der Waals surface area contributed by atoms with E-state index in [9.17, 15) is 14.4 Å². The molecule has 7 nitrogen and oxygen atoms in total. The van der Waals surface area contributed by atoms with Crippen molar-refractivity contribution >= 4 is 56.1 Å². The molecule has 27 heavy (non-hydrogen) atoms. The van der Waals surface area contributed by atoms with E-state index in [1.54, 1.807) is 17.5 Å². The molecule has 1 aromatic carbocycles. The predicted octanol–water partition coefficient (Wildman–Crippen LogP) is 3.20. The highest BCUT2D eigenvalue weighted by Crippen LogP contribution is 2.24. The fraction of sp³-hybridized carbons (Fsp3) is 0.167. The lowest BCUT2D eigenvalue weighted by atomic mass is 10.2. The quantitative estimate of drug-likeness (QED) is 0.495. The summed E-state index contributed by atoms with van der Waals surface area (Å²) in [6.07, 6.45) is 1.67. The lowest BCUT2D eigenvalue weighted by Crippen LogP contribution is -2.29. The second-order valence-electron chi connectivity index (χ2n) is 5.32. The molecule has 0 aliphatic heterocycles. The summed E-state index contributed by atoms with van der Waals surface area (Å²) in [7, 11) is 1.52. The van der Waals surface area contributed by atoms with Crippen molar-refractivity contribution in [2.45, 2.75) is 13.0 Å². The van der Waals surface area contributed by atoms with E-state index in [4.69, 9.17) is 15.2 Å². The number of hydrogen-bond donors (Lipinski definition) is 2.